The van der Waals surface area contributed by atoms with E-state index >= 15 is 0 Å². The molecule has 0 radical (unpaired) electrons. The molecule has 1 saturated heterocycles. The first kappa shape index (κ1) is 24.3. The molecular weight excluding hydrogens is 312 g/mol. The highest BCUT2D eigenvalue weighted by Gasteiger charge is 2.33. The van der Waals surface area contributed by atoms with Crippen LogP contribution >= 0.6 is 0 Å². The summed E-state index contributed by atoms with van der Waals surface area (Å²) in [4.78, 5) is 45.0. The second-order valence-corrected chi connectivity index (χ2v) is 6.26. The molecule has 0 aromatic rings. The number of carboxylic acid groups (broad SMARTS) is 1. The number of amides is 3. The predicted molar refractivity (Wildman–Crippen MR) is 92.1 cm³/mol. The minimum Gasteiger partial charge on any atom is -0.481 e. The van der Waals surface area contributed by atoms with E-state index in [9.17, 15) is 19.2 Å². The van der Waals surface area contributed by atoms with E-state index in [1.165, 1.54) is 4.90 Å². The van der Waals surface area contributed by atoms with Gasteiger partial charge in [0.1, 0.15) is 0 Å². The lowest BCUT2D eigenvalue weighted by atomic mass is 9.91. The summed E-state index contributed by atoms with van der Waals surface area (Å²) in [5, 5.41) is 11.0. The number of nitrogens with one attached hydrogen (secondary N) is 1. The van der Waals surface area contributed by atoms with E-state index in [-0.39, 0.29) is 42.9 Å². The van der Waals surface area contributed by atoms with Crippen molar-refractivity contribution in [1.82, 2.24) is 10.2 Å². The van der Waals surface area contributed by atoms with Crippen molar-refractivity contribution < 1.29 is 24.3 Å². The van der Waals surface area contributed by atoms with E-state index in [1.807, 2.05) is 13.8 Å². The molecule has 0 saturated carbocycles. The number of rotatable bonds is 4. The number of hydrogen-bond donors (Lipinski definition) is 2. The predicted octanol–water partition coefficient (Wildman–Crippen LogP) is 1.76. The Kier molecular flexibility index (Phi) is 10.9. The Bertz CT molecular complexity index is 444. The Morgan fingerprint density at radius 2 is 1.58 bits per heavy atom. The normalized spacial score (nSPS) is 22.5. The van der Waals surface area contributed by atoms with Gasteiger partial charge in [0.25, 0.3) is 0 Å². The summed E-state index contributed by atoms with van der Waals surface area (Å²) >= 11 is 0. The van der Waals surface area contributed by atoms with Gasteiger partial charge >= 0.3 is 5.97 Å². The van der Waals surface area contributed by atoms with E-state index in [0.717, 1.165) is 0 Å². The molecule has 0 aromatic heterocycles. The van der Waals surface area contributed by atoms with Gasteiger partial charge in [-0.1, -0.05) is 35.1 Å². The van der Waals surface area contributed by atoms with Crippen LogP contribution in [0.4, 0.5) is 0 Å². The largest absolute Gasteiger partial charge is 0.481 e. The number of carbonyl (C=O) groups excluding carboxylic acids is 3. The van der Waals surface area contributed by atoms with Crippen molar-refractivity contribution >= 4 is 23.7 Å². The number of nitrogens with zero attached hydrogens (tertiary/aromatic N) is 1. The lowest BCUT2D eigenvalue weighted by molar-refractivity contribution is -0.152. The van der Waals surface area contributed by atoms with Crippen molar-refractivity contribution in [3.63, 3.8) is 0 Å². The second kappa shape index (κ2) is 10.8. The van der Waals surface area contributed by atoms with Crippen LogP contribution in [-0.2, 0) is 19.2 Å². The average Bonchev–Trinajstić information content (AvgIpc) is 2.50. The number of carboxylic acids is 1. The molecule has 0 bridgehead atoms. The van der Waals surface area contributed by atoms with E-state index in [0.29, 0.717) is 12.8 Å². The molecule has 1 aliphatic rings. The van der Waals surface area contributed by atoms with Gasteiger partial charge in [-0.3, -0.25) is 24.1 Å². The summed E-state index contributed by atoms with van der Waals surface area (Å²) in [5.41, 5.74) is 0. The van der Waals surface area contributed by atoms with Gasteiger partial charge in [0, 0.05) is 31.8 Å². The van der Waals surface area contributed by atoms with Crippen LogP contribution in [-0.4, -0.2) is 47.8 Å². The standard InChI is InChI=1S/C8H15NO3.C8H13NO2.CH4/c1-5(7(10)9-3)4-6(2)8(11)12;1-5-4-6(2)8(11)9(3)7(5)10;/h5-6H,4H2,1-3H3,(H,9,10)(H,11,12);5-6H,4H2,1-3H3;1H4. The van der Waals surface area contributed by atoms with Crippen LogP contribution in [0, 0.1) is 23.7 Å². The van der Waals surface area contributed by atoms with Crippen LogP contribution in [0.5, 0.6) is 0 Å². The average molecular weight is 344 g/mol. The van der Waals surface area contributed by atoms with Crippen LogP contribution in [0.25, 0.3) is 0 Å². The van der Waals surface area contributed by atoms with Gasteiger partial charge < -0.3 is 10.4 Å². The maximum Gasteiger partial charge on any atom is 0.306 e. The first-order chi connectivity index (χ1) is 10.5. The van der Waals surface area contributed by atoms with Gasteiger partial charge in [-0.25, -0.2) is 0 Å². The zero-order valence-electron chi connectivity index (χ0n) is 14.8. The molecule has 1 heterocycles. The summed E-state index contributed by atoms with van der Waals surface area (Å²) in [6.45, 7) is 7.05. The van der Waals surface area contributed by atoms with Gasteiger partial charge in [0.05, 0.1) is 5.92 Å². The van der Waals surface area contributed by atoms with Gasteiger partial charge in [-0.15, -0.1) is 0 Å². The summed E-state index contributed by atoms with van der Waals surface area (Å²) in [6.07, 6.45) is 1.08. The topological polar surface area (TPSA) is 104 Å². The smallest absolute Gasteiger partial charge is 0.306 e. The number of likely N-dealkylation sites (tertiary alicyclic amines) is 1. The van der Waals surface area contributed by atoms with Crippen LogP contribution in [0.2, 0.25) is 0 Å². The number of imide groups is 1. The molecule has 0 aliphatic carbocycles. The SMILES string of the molecule is C.CC1CC(C)C(=O)N(C)C1=O.CNC(=O)C(C)CC(C)C(=O)O. The number of piperidine rings is 1. The third kappa shape index (κ3) is 7.10. The lowest BCUT2D eigenvalue weighted by Crippen LogP contribution is -2.45. The Morgan fingerprint density at radius 3 is 1.92 bits per heavy atom. The zero-order valence-corrected chi connectivity index (χ0v) is 14.8. The number of hydrogen-bond acceptors (Lipinski definition) is 4. The highest BCUT2D eigenvalue weighted by molar-refractivity contribution is 5.99. The quantitative estimate of drug-likeness (QED) is 0.756. The molecule has 140 valence electrons. The van der Waals surface area contributed by atoms with Gasteiger partial charge in [0.2, 0.25) is 17.7 Å². The molecule has 7 nitrogen and oxygen atoms in total. The maximum absolute atomic E-state index is 11.2. The fraction of sp³-hybridized carbons (Fsp3) is 0.765. The summed E-state index contributed by atoms with van der Waals surface area (Å²) in [6, 6.07) is 0. The molecule has 0 spiro atoms. The highest BCUT2D eigenvalue weighted by Crippen LogP contribution is 2.21. The zero-order chi connectivity index (χ0) is 18.3. The van der Waals surface area contributed by atoms with Crippen LogP contribution in [0.15, 0.2) is 0 Å². The van der Waals surface area contributed by atoms with Crippen molar-refractivity contribution in [2.24, 2.45) is 23.7 Å². The Hall–Kier alpha value is -1.92. The summed E-state index contributed by atoms with van der Waals surface area (Å²) < 4.78 is 0. The minimum atomic E-state index is -0.856. The fourth-order valence-corrected chi connectivity index (χ4v) is 2.49. The molecule has 1 fully saturated rings. The third-order valence-corrected chi connectivity index (χ3v) is 4.03. The maximum atomic E-state index is 11.2. The Morgan fingerprint density at radius 1 is 1.17 bits per heavy atom. The van der Waals surface area contributed by atoms with E-state index in [1.54, 1.807) is 27.9 Å². The molecule has 3 amide bonds. The van der Waals surface area contributed by atoms with E-state index in [2.05, 4.69) is 5.32 Å². The second-order valence-electron chi connectivity index (χ2n) is 6.26. The van der Waals surface area contributed by atoms with E-state index in [4.69, 9.17) is 5.11 Å². The first-order valence-electron chi connectivity index (χ1n) is 7.78. The number of carbonyl (C=O) groups is 4. The van der Waals surface area contributed by atoms with Crippen molar-refractivity contribution in [1.29, 1.82) is 0 Å². The summed E-state index contributed by atoms with van der Waals surface area (Å²) in [7, 11) is 3.10. The lowest BCUT2D eigenvalue weighted by Gasteiger charge is -2.29. The molecule has 7 heteroatoms. The van der Waals surface area contributed by atoms with Gasteiger partial charge in [-0.2, -0.15) is 0 Å². The molecule has 1 rings (SSSR count). The van der Waals surface area contributed by atoms with Gasteiger partial charge in [0.15, 0.2) is 0 Å². The molecule has 4 atom stereocenters. The van der Waals surface area contributed by atoms with E-state index < -0.39 is 11.9 Å². The van der Waals surface area contributed by atoms with Crippen LogP contribution in [0.3, 0.4) is 0 Å². The molecule has 1 aliphatic heterocycles. The Labute approximate surface area is 144 Å². The third-order valence-electron chi connectivity index (χ3n) is 4.03. The molecular formula is C17H32N2O5. The fourth-order valence-electron chi connectivity index (χ4n) is 2.49. The molecule has 0 aromatic carbocycles. The molecule has 2 N–H and O–H groups in total. The number of aliphatic carboxylic acids is 1. The van der Waals surface area contributed by atoms with Crippen LogP contribution in [0.1, 0.15) is 48.0 Å². The van der Waals surface area contributed by atoms with Crippen molar-refractivity contribution in [2.75, 3.05) is 14.1 Å². The molecule has 4 unspecified atom stereocenters. The summed E-state index contributed by atoms with van der Waals surface area (Å²) in [5.74, 6) is -1.74. The van der Waals surface area contributed by atoms with Crippen molar-refractivity contribution in [3.05, 3.63) is 0 Å². The highest BCUT2D eigenvalue weighted by atomic mass is 16.4. The first-order valence-corrected chi connectivity index (χ1v) is 7.78. The monoisotopic (exact) mass is 344 g/mol. The Balaban J connectivity index is 0. The van der Waals surface area contributed by atoms with Crippen LogP contribution < -0.4 is 5.32 Å². The van der Waals surface area contributed by atoms with Crippen molar-refractivity contribution in [3.8, 4) is 0 Å². The van der Waals surface area contributed by atoms with Gasteiger partial charge in [-0.05, 0) is 12.8 Å². The molecule has 24 heavy (non-hydrogen) atoms. The van der Waals surface area contributed by atoms with Crippen molar-refractivity contribution in [2.45, 2.75) is 48.0 Å². The minimum absolute atomic E-state index is 0.